The number of benzene rings is 2. The highest BCUT2D eigenvalue weighted by molar-refractivity contribution is 5.80. The number of nitrogens with one attached hydrogen (secondary N) is 1. The first-order valence-electron chi connectivity index (χ1n) is 10.2. The quantitative estimate of drug-likeness (QED) is 0.716. The molecule has 5 nitrogen and oxygen atoms in total. The first-order valence-corrected chi connectivity index (χ1v) is 10.2. The normalized spacial score (nSPS) is 18.7. The zero-order chi connectivity index (χ0) is 19.8. The van der Waals surface area contributed by atoms with Gasteiger partial charge in [-0.05, 0) is 53.4 Å². The van der Waals surface area contributed by atoms with Crippen molar-refractivity contribution in [2.24, 2.45) is 0 Å². The Balaban J connectivity index is 1.45. The molecular formula is C24H26N4O. The number of nitrogens with two attached hydrogens (primary N) is 1. The van der Waals surface area contributed by atoms with E-state index in [1.165, 1.54) is 16.8 Å². The van der Waals surface area contributed by atoms with Crippen molar-refractivity contribution >= 4 is 11.5 Å². The van der Waals surface area contributed by atoms with E-state index < -0.39 is 0 Å². The average molecular weight is 386 g/mol. The molecule has 2 aliphatic rings. The van der Waals surface area contributed by atoms with E-state index in [1.807, 2.05) is 6.20 Å². The fourth-order valence-corrected chi connectivity index (χ4v) is 4.28. The Morgan fingerprint density at radius 3 is 2.62 bits per heavy atom. The topological polar surface area (TPSA) is 63.4 Å². The Morgan fingerprint density at radius 1 is 1.00 bits per heavy atom. The molecule has 1 atom stereocenters. The largest absolute Gasteiger partial charge is 0.383 e. The first kappa shape index (κ1) is 18.2. The summed E-state index contributed by atoms with van der Waals surface area (Å²) in [5.74, 6) is 0.568. The lowest BCUT2D eigenvalue weighted by Crippen LogP contribution is -2.43. The number of morpholine rings is 1. The number of ether oxygens (including phenoxy) is 1. The van der Waals surface area contributed by atoms with Gasteiger partial charge in [-0.2, -0.15) is 0 Å². The molecule has 148 valence electrons. The molecule has 1 aromatic heterocycles. The fourth-order valence-electron chi connectivity index (χ4n) is 4.28. The van der Waals surface area contributed by atoms with Crippen LogP contribution in [-0.4, -0.2) is 30.8 Å². The van der Waals surface area contributed by atoms with Crippen molar-refractivity contribution in [1.29, 1.82) is 0 Å². The number of fused-ring (bicyclic) bond motifs is 1. The predicted molar refractivity (Wildman–Crippen MR) is 118 cm³/mol. The maximum atomic E-state index is 6.24. The molecule has 1 saturated heterocycles. The summed E-state index contributed by atoms with van der Waals surface area (Å²) < 4.78 is 5.55. The summed E-state index contributed by atoms with van der Waals surface area (Å²) in [7, 11) is 0. The molecule has 0 saturated carbocycles. The highest BCUT2D eigenvalue weighted by atomic mass is 16.5. The molecule has 1 fully saturated rings. The SMILES string of the molecule is CC1COCCN1c1ccc(-c2cnc(N)c(-c3ccc4c(c3)CNC4)c2)cc1. The Bertz CT molecular complexity index is 1030. The van der Waals surface area contributed by atoms with E-state index in [9.17, 15) is 0 Å². The van der Waals surface area contributed by atoms with Crippen molar-refractivity contribution in [2.75, 3.05) is 30.4 Å². The van der Waals surface area contributed by atoms with Crippen LogP contribution in [0.3, 0.4) is 0 Å². The van der Waals surface area contributed by atoms with Crippen molar-refractivity contribution < 1.29 is 4.74 Å². The molecule has 5 heteroatoms. The van der Waals surface area contributed by atoms with Gasteiger partial charge in [0.2, 0.25) is 0 Å². The van der Waals surface area contributed by atoms with Crippen LogP contribution in [0.25, 0.3) is 22.3 Å². The zero-order valence-electron chi connectivity index (χ0n) is 16.7. The summed E-state index contributed by atoms with van der Waals surface area (Å²) in [5.41, 5.74) is 14.5. The number of nitrogen functional groups attached to an aromatic ring is 1. The molecule has 29 heavy (non-hydrogen) atoms. The predicted octanol–water partition coefficient (Wildman–Crippen LogP) is 3.83. The van der Waals surface area contributed by atoms with Crippen molar-refractivity contribution in [2.45, 2.75) is 26.1 Å². The summed E-state index contributed by atoms with van der Waals surface area (Å²) in [5, 5.41) is 3.39. The number of anilines is 2. The van der Waals surface area contributed by atoms with Crippen molar-refractivity contribution in [3.8, 4) is 22.3 Å². The van der Waals surface area contributed by atoms with E-state index in [0.29, 0.717) is 11.9 Å². The van der Waals surface area contributed by atoms with Crippen LogP contribution in [0.1, 0.15) is 18.1 Å². The number of hydrogen-bond donors (Lipinski definition) is 2. The molecular weight excluding hydrogens is 360 g/mol. The molecule has 0 bridgehead atoms. The van der Waals surface area contributed by atoms with Gasteiger partial charge in [-0.15, -0.1) is 0 Å². The van der Waals surface area contributed by atoms with E-state index in [4.69, 9.17) is 10.5 Å². The van der Waals surface area contributed by atoms with E-state index in [2.05, 4.69) is 70.7 Å². The van der Waals surface area contributed by atoms with Gasteiger partial charge in [0, 0.05) is 48.7 Å². The lowest BCUT2D eigenvalue weighted by Gasteiger charge is -2.35. The smallest absolute Gasteiger partial charge is 0.131 e. The Hall–Kier alpha value is -2.89. The van der Waals surface area contributed by atoms with Gasteiger partial charge in [0.25, 0.3) is 0 Å². The van der Waals surface area contributed by atoms with Gasteiger partial charge in [-0.3, -0.25) is 0 Å². The highest BCUT2D eigenvalue weighted by Gasteiger charge is 2.19. The molecule has 5 rings (SSSR count). The second-order valence-corrected chi connectivity index (χ2v) is 7.91. The fraction of sp³-hybridized carbons (Fsp3) is 0.292. The Kier molecular flexibility index (Phi) is 4.70. The van der Waals surface area contributed by atoms with Crippen LogP contribution >= 0.6 is 0 Å². The second-order valence-electron chi connectivity index (χ2n) is 7.91. The van der Waals surface area contributed by atoms with Crippen LogP contribution < -0.4 is 16.0 Å². The zero-order valence-corrected chi connectivity index (χ0v) is 16.7. The third kappa shape index (κ3) is 3.48. The summed E-state index contributed by atoms with van der Waals surface area (Å²) in [4.78, 5) is 6.89. The Labute approximate surface area is 171 Å². The first-order chi connectivity index (χ1) is 14.2. The molecule has 3 heterocycles. The number of pyridine rings is 1. The molecule has 0 spiro atoms. The summed E-state index contributed by atoms with van der Waals surface area (Å²) in [6.45, 7) is 6.56. The van der Waals surface area contributed by atoms with E-state index in [1.54, 1.807) is 0 Å². The average Bonchev–Trinajstić information content (AvgIpc) is 3.23. The standard InChI is InChI=1S/C24H26N4O/c1-16-15-29-9-8-28(16)22-6-4-17(5-7-22)21-11-23(24(25)27-14-21)18-2-3-19-12-26-13-20(19)10-18/h2-7,10-11,14,16,26H,8-9,12-13,15H2,1H3,(H2,25,27). The maximum absolute atomic E-state index is 6.24. The van der Waals surface area contributed by atoms with Crippen LogP contribution in [0.4, 0.5) is 11.5 Å². The van der Waals surface area contributed by atoms with Crippen LogP contribution in [0.5, 0.6) is 0 Å². The Morgan fingerprint density at radius 2 is 1.79 bits per heavy atom. The number of aromatic nitrogens is 1. The molecule has 0 aliphatic carbocycles. The third-order valence-corrected chi connectivity index (χ3v) is 5.97. The van der Waals surface area contributed by atoms with Crippen molar-refractivity contribution in [3.63, 3.8) is 0 Å². The summed E-state index contributed by atoms with van der Waals surface area (Å²) in [6, 6.07) is 17.8. The number of nitrogens with zero attached hydrogens (tertiary/aromatic N) is 2. The van der Waals surface area contributed by atoms with E-state index in [-0.39, 0.29) is 0 Å². The minimum atomic E-state index is 0.397. The van der Waals surface area contributed by atoms with Crippen molar-refractivity contribution in [3.05, 3.63) is 65.9 Å². The van der Waals surface area contributed by atoms with Gasteiger partial charge in [-0.1, -0.05) is 24.3 Å². The summed E-state index contributed by atoms with van der Waals surface area (Å²) >= 11 is 0. The van der Waals surface area contributed by atoms with Gasteiger partial charge in [0.15, 0.2) is 0 Å². The van der Waals surface area contributed by atoms with Crippen LogP contribution in [0.2, 0.25) is 0 Å². The molecule has 0 radical (unpaired) electrons. The minimum Gasteiger partial charge on any atom is -0.383 e. The number of hydrogen-bond acceptors (Lipinski definition) is 5. The number of rotatable bonds is 3. The summed E-state index contributed by atoms with van der Waals surface area (Å²) in [6.07, 6.45) is 1.86. The second kappa shape index (κ2) is 7.50. The maximum Gasteiger partial charge on any atom is 0.131 e. The van der Waals surface area contributed by atoms with Gasteiger partial charge < -0.3 is 20.7 Å². The molecule has 3 N–H and O–H groups in total. The van der Waals surface area contributed by atoms with Crippen molar-refractivity contribution in [1.82, 2.24) is 10.3 Å². The van der Waals surface area contributed by atoms with E-state index in [0.717, 1.165) is 55.1 Å². The molecule has 0 amide bonds. The monoisotopic (exact) mass is 386 g/mol. The highest BCUT2D eigenvalue weighted by Crippen LogP contribution is 2.32. The molecule has 1 unspecified atom stereocenters. The van der Waals surface area contributed by atoms with Gasteiger partial charge in [-0.25, -0.2) is 4.98 Å². The molecule has 2 aromatic carbocycles. The van der Waals surface area contributed by atoms with Gasteiger partial charge in [0.1, 0.15) is 5.82 Å². The lowest BCUT2D eigenvalue weighted by molar-refractivity contribution is 0.0989. The minimum absolute atomic E-state index is 0.397. The van der Waals surface area contributed by atoms with Gasteiger partial charge >= 0.3 is 0 Å². The lowest BCUT2D eigenvalue weighted by atomic mass is 9.98. The van der Waals surface area contributed by atoms with Crippen LogP contribution in [0.15, 0.2) is 54.7 Å². The van der Waals surface area contributed by atoms with E-state index >= 15 is 0 Å². The van der Waals surface area contributed by atoms with Gasteiger partial charge in [0.05, 0.1) is 13.2 Å². The third-order valence-electron chi connectivity index (χ3n) is 5.97. The molecule has 3 aromatic rings. The van der Waals surface area contributed by atoms with Crippen LogP contribution in [-0.2, 0) is 17.8 Å². The van der Waals surface area contributed by atoms with Crippen LogP contribution in [0, 0.1) is 0 Å². The molecule has 2 aliphatic heterocycles.